The predicted molar refractivity (Wildman–Crippen MR) is 90.4 cm³/mol. The lowest BCUT2D eigenvalue weighted by atomic mass is 9.92. The molecule has 0 spiro atoms. The van der Waals surface area contributed by atoms with Gasteiger partial charge in [-0.15, -0.1) is 0 Å². The number of benzene rings is 2. The number of hydrogen-bond acceptors (Lipinski definition) is 0. The molecular weight excluding hydrogens is 252 g/mol. The Hall–Kier alpha value is -1.82. The highest BCUT2D eigenvalue weighted by Gasteiger charge is 2.12. The lowest BCUT2D eigenvalue weighted by Crippen LogP contribution is -1.99. The van der Waals surface area contributed by atoms with Crippen LogP contribution in [-0.4, -0.2) is 0 Å². The minimum Gasteiger partial charge on any atom is -0.0663 e. The zero-order valence-electron chi connectivity index (χ0n) is 12.7. The molecule has 0 saturated heterocycles. The molecule has 0 amide bonds. The Labute approximate surface area is 128 Å². The molecule has 0 nitrogen and oxygen atoms in total. The standard InChI is InChI=1S/C21H24/c1-4-10-18(11-5-1)16-20-14-8-3-9-15-21(20)17-19-12-6-2-7-13-19/h1-2,4-7,10-13H,3,8-9,14-17H2. The van der Waals surface area contributed by atoms with Crippen LogP contribution in [-0.2, 0) is 12.8 Å². The van der Waals surface area contributed by atoms with Gasteiger partial charge in [-0.3, -0.25) is 0 Å². The van der Waals surface area contributed by atoms with Gasteiger partial charge in [-0.05, 0) is 49.7 Å². The largest absolute Gasteiger partial charge is 0.0663 e. The molecule has 1 aliphatic rings. The Morgan fingerprint density at radius 3 is 1.38 bits per heavy atom. The molecule has 0 radical (unpaired) electrons. The van der Waals surface area contributed by atoms with E-state index in [2.05, 4.69) is 60.7 Å². The first-order chi connectivity index (χ1) is 10.4. The second-order valence-electron chi connectivity index (χ2n) is 6.09. The smallest absolute Gasteiger partial charge is 0.00643 e. The number of hydrogen-bond donors (Lipinski definition) is 0. The fourth-order valence-electron chi connectivity index (χ4n) is 3.32. The van der Waals surface area contributed by atoms with Gasteiger partial charge in [0, 0.05) is 0 Å². The normalized spacial score (nSPS) is 15.8. The Morgan fingerprint density at radius 1 is 0.524 bits per heavy atom. The average Bonchev–Trinajstić information content (AvgIpc) is 2.75. The maximum atomic E-state index is 2.26. The van der Waals surface area contributed by atoms with Crippen LogP contribution in [0.5, 0.6) is 0 Å². The van der Waals surface area contributed by atoms with Gasteiger partial charge in [-0.25, -0.2) is 0 Å². The van der Waals surface area contributed by atoms with Gasteiger partial charge in [0.2, 0.25) is 0 Å². The van der Waals surface area contributed by atoms with Crippen molar-refractivity contribution in [2.75, 3.05) is 0 Å². The van der Waals surface area contributed by atoms with Gasteiger partial charge < -0.3 is 0 Å². The molecule has 21 heavy (non-hydrogen) atoms. The summed E-state index contributed by atoms with van der Waals surface area (Å²) in [5, 5.41) is 0. The molecule has 0 aromatic heterocycles. The van der Waals surface area contributed by atoms with E-state index in [0.717, 1.165) is 12.8 Å². The summed E-state index contributed by atoms with van der Waals surface area (Å²) in [5.74, 6) is 0. The molecular formula is C21H24. The minimum absolute atomic E-state index is 1.14. The quantitative estimate of drug-likeness (QED) is 0.625. The highest BCUT2D eigenvalue weighted by molar-refractivity contribution is 5.30. The predicted octanol–water partition coefficient (Wildman–Crippen LogP) is 5.73. The van der Waals surface area contributed by atoms with Crippen molar-refractivity contribution in [3.05, 3.63) is 82.9 Å². The molecule has 0 heterocycles. The molecule has 0 fully saturated rings. The number of allylic oxidation sites excluding steroid dienone is 2. The zero-order valence-corrected chi connectivity index (χ0v) is 12.7. The first-order valence-corrected chi connectivity index (χ1v) is 8.19. The van der Waals surface area contributed by atoms with Crippen LogP contribution in [0.2, 0.25) is 0 Å². The van der Waals surface area contributed by atoms with E-state index in [0.29, 0.717) is 0 Å². The Morgan fingerprint density at radius 2 is 0.952 bits per heavy atom. The van der Waals surface area contributed by atoms with Crippen molar-refractivity contribution in [1.29, 1.82) is 0 Å². The van der Waals surface area contributed by atoms with E-state index in [-0.39, 0.29) is 0 Å². The van der Waals surface area contributed by atoms with Gasteiger partial charge in [0.15, 0.2) is 0 Å². The minimum atomic E-state index is 1.14. The van der Waals surface area contributed by atoms with Crippen molar-refractivity contribution in [3.8, 4) is 0 Å². The van der Waals surface area contributed by atoms with E-state index in [1.54, 1.807) is 11.1 Å². The van der Waals surface area contributed by atoms with Gasteiger partial charge in [0.05, 0.1) is 0 Å². The summed E-state index contributed by atoms with van der Waals surface area (Å²) < 4.78 is 0. The highest BCUT2D eigenvalue weighted by Crippen LogP contribution is 2.28. The third-order valence-electron chi connectivity index (χ3n) is 4.48. The van der Waals surface area contributed by atoms with Crippen molar-refractivity contribution in [3.63, 3.8) is 0 Å². The van der Waals surface area contributed by atoms with Crippen LogP contribution in [0.15, 0.2) is 71.8 Å². The van der Waals surface area contributed by atoms with Crippen molar-refractivity contribution < 1.29 is 0 Å². The lowest BCUT2D eigenvalue weighted by Gasteiger charge is -2.13. The van der Waals surface area contributed by atoms with E-state index in [4.69, 9.17) is 0 Å². The van der Waals surface area contributed by atoms with Crippen LogP contribution in [0.25, 0.3) is 0 Å². The molecule has 0 saturated carbocycles. The molecule has 0 atom stereocenters. The highest BCUT2D eigenvalue weighted by atomic mass is 14.2. The van der Waals surface area contributed by atoms with Crippen molar-refractivity contribution in [2.45, 2.75) is 44.9 Å². The van der Waals surface area contributed by atoms with Crippen LogP contribution < -0.4 is 0 Å². The molecule has 2 aromatic rings. The van der Waals surface area contributed by atoms with Gasteiger partial charge in [0.1, 0.15) is 0 Å². The van der Waals surface area contributed by atoms with Crippen LogP contribution in [0, 0.1) is 0 Å². The summed E-state index contributed by atoms with van der Waals surface area (Å²) in [7, 11) is 0. The van der Waals surface area contributed by atoms with Gasteiger partial charge in [-0.1, -0.05) is 78.2 Å². The molecule has 1 aliphatic carbocycles. The SMILES string of the molecule is c1ccc(CC2=C(Cc3ccccc3)CCCCC2)cc1. The van der Waals surface area contributed by atoms with E-state index in [1.165, 1.54) is 43.2 Å². The van der Waals surface area contributed by atoms with Crippen LogP contribution >= 0.6 is 0 Å². The van der Waals surface area contributed by atoms with Crippen molar-refractivity contribution >= 4 is 0 Å². The first kappa shape index (κ1) is 14.1. The second kappa shape index (κ2) is 7.26. The van der Waals surface area contributed by atoms with Gasteiger partial charge in [0.25, 0.3) is 0 Å². The fraction of sp³-hybridized carbons (Fsp3) is 0.333. The van der Waals surface area contributed by atoms with Crippen LogP contribution in [0.3, 0.4) is 0 Å². The molecule has 0 bridgehead atoms. The molecule has 2 aromatic carbocycles. The summed E-state index contributed by atoms with van der Waals surface area (Å²) in [6, 6.07) is 21.9. The number of rotatable bonds is 4. The molecule has 3 rings (SSSR count). The Kier molecular flexibility index (Phi) is 4.89. The Bertz CT molecular complexity index is 524. The second-order valence-corrected chi connectivity index (χ2v) is 6.09. The van der Waals surface area contributed by atoms with Gasteiger partial charge >= 0.3 is 0 Å². The molecule has 108 valence electrons. The lowest BCUT2D eigenvalue weighted by molar-refractivity contribution is 0.701. The maximum Gasteiger partial charge on any atom is -0.00643 e. The average molecular weight is 276 g/mol. The molecule has 0 unspecified atom stereocenters. The van der Waals surface area contributed by atoms with Crippen molar-refractivity contribution in [1.82, 2.24) is 0 Å². The molecule has 0 N–H and O–H groups in total. The van der Waals surface area contributed by atoms with Crippen LogP contribution in [0.1, 0.15) is 43.2 Å². The van der Waals surface area contributed by atoms with Crippen LogP contribution in [0.4, 0.5) is 0 Å². The van der Waals surface area contributed by atoms with E-state index < -0.39 is 0 Å². The first-order valence-electron chi connectivity index (χ1n) is 8.19. The molecule has 0 heteroatoms. The third kappa shape index (κ3) is 4.07. The maximum absolute atomic E-state index is 2.26. The van der Waals surface area contributed by atoms with E-state index in [1.807, 2.05) is 0 Å². The summed E-state index contributed by atoms with van der Waals surface area (Å²) in [5.41, 5.74) is 6.31. The summed E-state index contributed by atoms with van der Waals surface area (Å²) in [6.07, 6.45) is 8.97. The summed E-state index contributed by atoms with van der Waals surface area (Å²) >= 11 is 0. The Balaban J connectivity index is 1.83. The van der Waals surface area contributed by atoms with E-state index >= 15 is 0 Å². The third-order valence-corrected chi connectivity index (χ3v) is 4.48. The summed E-state index contributed by atoms with van der Waals surface area (Å²) in [6.45, 7) is 0. The van der Waals surface area contributed by atoms with Crippen molar-refractivity contribution in [2.24, 2.45) is 0 Å². The van der Waals surface area contributed by atoms with Gasteiger partial charge in [-0.2, -0.15) is 0 Å². The zero-order chi connectivity index (χ0) is 14.3. The topological polar surface area (TPSA) is 0 Å². The molecule has 0 aliphatic heterocycles. The monoisotopic (exact) mass is 276 g/mol. The fourth-order valence-corrected chi connectivity index (χ4v) is 3.32. The van der Waals surface area contributed by atoms with E-state index in [9.17, 15) is 0 Å². The summed E-state index contributed by atoms with van der Waals surface area (Å²) in [4.78, 5) is 0.